The normalized spacial score (nSPS) is 25.5. The summed E-state index contributed by atoms with van der Waals surface area (Å²) in [6, 6.07) is 0. The third-order valence-corrected chi connectivity index (χ3v) is 8.57. The molecule has 0 heteroatoms. The molecule has 0 spiro atoms. The first-order chi connectivity index (χ1) is 18.8. The zero-order chi connectivity index (χ0) is 29.8. The predicted octanol–water partition coefficient (Wildman–Crippen LogP) is 12.3. The van der Waals surface area contributed by atoms with E-state index < -0.39 is 0 Å². The molecule has 2 aliphatic carbocycles. The molecule has 2 fully saturated rings. The molecule has 0 bridgehead atoms. The van der Waals surface area contributed by atoms with Crippen molar-refractivity contribution in [2.75, 3.05) is 0 Å². The van der Waals surface area contributed by atoms with E-state index in [1.165, 1.54) is 59.1 Å². The van der Waals surface area contributed by atoms with Crippen molar-refractivity contribution in [3.63, 3.8) is 0 Å². The number of hydrogen-bond acceptors (Lipinski definition) is 0. The molecule has 0 N–H and O–H groups in total. The van der Waals surface area contributed by atoms with Crippen LogP contribution in [0.15, 0.2) is 132 Å². The monoisotopic (exact) mass is 536 g/mol. The van der Waals surface area contributed by atoms with E-state index in [2.05, 4.69) is 154 Å². The van der Waals surface area contributed by atoms with Gasteiger partial charge >= 0.3 is 0 Å². The quantitative estimate of drug-likeness (QED) is 0.192. The SMILES string of the molecule is C=C1CCCC(C)(C)[C@@H]1/C=C/C(C)=C/C=C/C(C)=C/C=C/C=C(C)/C=C/C=C(C)/C=C/[C@H]1C(=C)CCCC1(C)C. The van der Waals surface area contributed by atoms with Crippen LogP contribution >= 0.6 is 0 Å². The lowest BCUT2D eigenvalue weighted by molar-refractivity contribution is 0.228. The van der Waals surface area contributed by atoms with Gasteiger partial charge in [-0.25, -0.2) is 0 Å². The zero-order valence-corrected chi connectivity index (χ0v) is 26.9. The second-order valence-corrected chi connectivity index (χ2v) is 13.4. The molecule has 2 aliphatic rings. The minimum atomic E-state index is 0.311. The average molecular weight is 537 g/mol. The highest BCUT2D eigenvalue weighted by Gasteiger charge is 2.33. The van der Waals surface area contributed by atoms with Gasteiger partial charge in [0.2, 0.25) is 0 Å². The van der Waals surface area contributed by atoms with Gasteiger partial charge in [-0.1, -0.05) is 159 Å². The molecule has 0 amide bonds. The minimum Gasteiger partial charge on any atom is -0.0992 e. The molecule has 2 saturated carbocycles. The van der Waals surface area contributed by atoms with E-state index in [9.17, 15) is 0 Å². The van der Waals surface area contributed by atoms with Crippen LogP contribution in [-0.4, -0.2) is 0 Å². The molecule has 0 aliphatic heterocycles. The van der Waals surface area contributed by atoms with Gasteiger partial charge in [0, 0.05) is 11.8 Å². The Labute approximate surface area is 247 Å². The standard InChI is InChI=1S/C40H56/c1-31(19-13-21-33(3)25-27-37-35(5)23-15-29-39(37,7)8)17-11-12-18-32(2)20-14-22-34(4)26-28-38-36(6)24-16-30-40(38,9)10/h11-14,17-22,25-28,37-38H,5-6,15-16,23-24,29-30H2,1-4,7-10H3/b12-11+,19-13+,20-14+,27-25+,28-26+,31-17+,32-18+,33-21+,34-22+/t37-,38+. The largest absolute Gasteiger partial charge is 0.0992 e. The molecule has 0 aromatic heterocycles. The Kier molecular flexibility index (Phi) is 13.2. The summed E-state index contributed by atoms with van der Waals surface area (Å²) >= 11 is 0. The zero-order valence-electron chi connectivity index (χ0n) is 26.9. The summed E-state index contributed by atoms with van der Waals surface area (Å²) in [6.07, 6.45) is 38.1. The first kappa shape index (κ1) is 33.3. The average Bonchev–Trinajstić information content (AvgIpc) is 2.85. The van der Waals surface area contributed by atoms with Crippen LogP contribution in [0, 0.1) is 22.7 Å². The van der Waals surface area contributed by atoms with Gasteiger partial charge in [-0.3, -0.25) is 0 Å². The molecule has 0 aromatic rings. The second-order valence-electron chi connectivity index (χ2n) is 13.4. The van der Waals surface area contributed by atoms with Gasteiger partial charge in [0.25, 0.3) is 0 Å². The fourth-order valence-corrected chi connectivity index (χ4v) is 5.90. The Morgan fingerprint density at radius 1 is 0.550 bits per heavy atom. The van der Waals surface area contributed by atoms with Crippen molar-refractivity contribution in [2.24, 2.45) is 22.7 Å². The fourth-order valence-electron chi connectivity index (χ4n) is 5.90. The van der Waals surface area contributed by atoms with Crippen molar-refractivity contribution >= 4 is 0 Å². The lowest BCUT2D eigenvalue weighted by Gasteiger charge is -2.38. The van der Waals surface area contributed by atoms with Crippen molar-refractivity contribution < 1.29 is 0 Å². The van der Waals surface area contributed by atoms with Crippen molar-refractivity contribution in [1.82, 2.24) is 0 Å². The summed E-state index contributed by atoms with van der Waals surface area (Å²) < 4.78 is 0. The minimum absolute atomic E-state index is 0.311. The number of rotatable bonds is 10. The maximum Gasteiger partial charge on any atom is 0.00285 e. The molecule has 216 valence electrons. The molecule has 0 nitrogen and oxygen atoms in total. The highest BCUT2D eigenvalue weighted by atomic mass is 14.4. The Hall–Kier alpha value is -2.86. The highest BCUT2D eigenvalue weighted by Crippen LogP contribution is 2.44. The van der Waals surface area contributed by atoms with Gasteiger partial charge in [0.15, 0.2) is 0 Å². The molecule has 2 atom stereocenters. The maximum atomic E-state index is 4.34. The lowest BCUT2D eigenvalue weighted by atomic mass is 9.66. The number of hydrogen-bond donors (Lipinski definition) is 0. The second kappa shape index (κ2) is 15.8. The molecule has 0 unspecified atom stereocenters. The molecular weight excluding hydrogens is 480 g/mol. The van der Waals surface area contributed by atoms with Crippen LogP contribution < -0.4 is 0 Å². The van der Waals surface area contributed by atoms with Gasteiger partial charge in [-0.05, 0) is 77.0 Å². The number of allylic oxidation sites excluding steroid dienone is 20. The Morgan fingerprint density at radius 3 is 1.23 bits per heavy atom. The molecule has 40 heavy (non-hydrogen) atoms. The van der Waals surface area contributed by atoms with E-state index in [1.807, 2.05) is 0 Å². The first-order valence-corrected chi connectivity index (χ1v) is 15.3. The Morgan fingerprint density at radius 2 is 0.875 bits per heavy atom. The highest BCUT2D eigenvalue weighted by molar-refractivity contribution is 5.33. The smallest absolute Gasteiger partial charge is 0.00285 e. The van der Waals surface area contributed by atoms with Crippen LogP contribution in [0.4, 0.5) is 0 Å². The van der Waals surface area contributed by atoms with Gasteiger partial charge in [0.05, 0.1) is 0 Å². The van der Waals surface area contributed by atoms with Gasteiger partial charge in [-0.2, -0.15) is 0 Å². The van der Waals surface area contributed by atoms with Crippen molar-refractivity contribution in [3.8, 4) is 0 Å². The Balaban J connectivity index is 1.86. The summed E-state index contributed by atoms with van der Waals surface area (Å²) in [5.41, 5.74) is 8.36. The van der Waals surface area contributed by atoms with E-state index in [-0.39, 0.29) is 0 Å². The topological polar surface area (TPSA) is 0 Å². The van der Waals surface area contributed by atoms with Crippen LogP contribution in [0.5, 0.6) is 0 Å². The van der Waals surface area contributed by atoms with Gasteiger partial charge < -0.3 is 0 Å². The summed E-state index contributed by atoms with van der Waals surface area (Å²) in [4.78, 5) is 0. The first-order valence-electron chi connectivity index (χ1n) is 15.3. The molecule has 0 aromatic carbocycles. The predicted molar refractivity (Wildman–Crippen MR) is 181 cm³/mol. The van der Waals surface area contributed by atoms with Crippen molar-refractivity contribution in [2.45, 2.75) is 93.9 Å². The molecule has 0 saturated heterocycles. The molecule has 2 rings (SSSR count). The maximum absolute atomic E-state index is 4.34. The van der Waals surface area contributed by atoms with E-state index in [0.717, 1.165) is 12.8 Å². The van der Waals surface area contributed by atoms with Crippen molar-refractivity contribution in [3.05, 3.63) is 132 Å². The van der Waals surface area contributed by atoms with Crippen molar-refractivity contribution in [1.29, 1.82) is 0 Å². The summed E-state index contributed by atoms with van der Waals surface area (Å²) in [6.45, 7) is 26.8. The van der Waals surface area contributed by atoms with Gasteiger partial charge in [-0.15, -0.1) is 0 Å². The van der Waals surface area contributed by atoms with Crippen LogP contribution in [0.3, 0.4) is 0 Å². The Bertz CT molecular complexity index is 1060. The lowest BCUT2D eigenvalue weighted by Crippen LogP contribution is -2.27. The van der Waals surface area contributed by atoms with Gasteiger partial charge in [0.1, 0.15) is 0 Å². The van der Waals surface area contributed by atoms with E-state index in [0.29, 0.717) is 22.7 Å². The van der Waals surface area contributed by atoms with Crippen LogP contribution in [-0.2, 0) is 0 Å². The summed E-state index contributed by atoms with van der Waals surface area (Å²) in [5.74, 6) is 0.951. The van der Waals surface area contributed by atoms with Crippen LogP contribution in [0.1, 0.15) is 93.9 Å². The van der Waals surface area contributed by atoms with Crippen LogP contribution in [0.2, 0.25) is 0 Å². The molecular formula is C40H56. The van der Waals surface area contributed by atoms with E-state index in [4.69, 9.17) is 0 Å². The molecule has 0 radical (unpaired) electrons. The van der Waals surface area contributed by atoms with E-state index in [1.54, 1.807) is 0 Å². The van der Waals surface area contributed by atoms with Crippen LogP contribution in [0.25, 0.3) is 0 Å². The third kappa shape index (κ3) is 11.3. The summed E-state index contributed by atoms with van der Waals surface area (Å²) in [7, 11) is 0. The fraction of sp³-hybridized carbons (Fsp3) is 0.450. The van der Waals surface area contributed by atoms with E-state index >= 15 is 0 Å². The molecule has 0 heterocycles. The third-order valence-electron chi connectivity index (χ3n) is 8.57. The summed E-state index contributed by atoms with van der Waals surface area (Å²) in [5, 5.41) is 0.